The van der Waals surface area contributed by atoms with E-state index in [0.717, 1.165) is 17.7 Å². The smallest absolute Gasteiger partial charge is 0.251 e. The molecule has 2 aromatic heterocycles. The molecular formula is C20H20N2O4S2. The summed E-state index contributed by atoms with van der Waals surface area (Å²) >= 11 is 1.67. The molecule has 6 nitrogen and oxygen atoms in total. The number of thiophene rings is 1. The number of amides is 1. The Morgan fingerprint density at radius 3 is 2.93 bits per heavy atom. The molecule has 146 valence electrons. The van der Waals surface area contributed by atoms with Gasteiger partial charge in [0.25, 0.3) is 5.91 Å². The highest BCUT2D eigenvalue weighted by molar-refractivity contribution is 7.89. The number of carbonyl (C=O) groups is 1. The first-order chi connectivity index (χ1) is 13.5. The second-order valence-corrected chi connectivity index (χ2v) is 9.51. The molecule has 4 rings (SSSR count). The van der Waals surface area contributed by atoms with E-state index in [1.54, 1.807) is 35.8 Å². The fourth-order valence-electron chi connectivity index (χ4n) is 3.23. The van der Waals surface area contributed by atoms with Gasteiger partial charge < -0.3 is 9.73 Å². The van der Waals surface area contributed by atoms with Crippen molar-refractivity contribution in [3.63, 3.8) is 0 Å². The lowest BCUT2D eigenvalue weighted by atomic mass is 10.1. The van der Waals surface area contributed by atoms with Crippen LogP contribution in [0.25, 0.3) is 0 Å². The summed E-state index contributed by atoms with van der Waals surface area (Å²) < 4.78 is 32.8. The summed E-state index contributed by atoms with van der Waals surface area (Å²) in [4.78, 5) is 13.8. The number of nitrogens with one attached hydrogen (secondary N) is 1. The Kier molecular flexibility index (Phi) is 5.34. The zero-order chi connectivity index (χ0) is 19.6. The molecule has 0 spiro atoms. The van der Waals surface area contributed by atoms with Crippen LogP contribution >= 0.6 is 11.3 Å². The summed E-state index contributed by atoms with van der Waals surface area (Å²) in [5.41, 5.74) is 1.39. The first-order valence-corrected chi connectivity index (χ1v) is 11.3. The van der Waals surface area contributed by atoms with Gasteiger partial charge in [0.2, 0.25) is 10.0 Å². The van der Waals surface area contributed by atoms with Gasteiger partial charge >= 0.3 is 0 Å². The van der Waals surface area contributed by atoms with Gasteiger partial charge in [-0.2, -0.15) is 4.31 Å². The zero-order valence-corrected chi connectivity index (χ0v) is 16.8. The van der Waals surface area contributed by atoms with Gasteiger partial charge in [0.05, 0.1) is 11.2 Å². The third kappa shape index (κ3) is 3.89. The van der Waals surface area contributed by atoms with E-state index < -0.39 is 10.0 Å². The van der Waals surface area contributed by atoms with Crippen molar-refractivity contribution in [3.05, 3.63) is 75.9 Å². The Balaban J connectivity index is 1.46. The molecule has 1 N–H and O–H groups in total. The van der Waals surface area contributed by atoms with Crippen LogP contribution in [-0.4, -0.2) is 31.7 Å². The van der Waals surface area contributed by atoms with Gasteiger partial charge in [-0.15, -0.1) is 11.3 Å². The van der Waals surface area contributed by atoms with Crippen LogP contribution in [0.5, 0.6) is 0 Å². The van der Waals surface area contributed by atoms with Crippen molar-refractivity contribution in [1.82, 2.24) is 9.62 Å². The molecule has 8 heteroatoms. The minimum absolute atomic E-state index is 0.143. The van der Waals surface area contributed by atoms with E-state index in [1.165, 1.54) is 21.3 Å². The average Bonchev–Trinajstić information content (AvgIpc) is 3.39. The van der Waals surface area contributed by atoms with E-state index in [2.05, 4.69) is 5.32 Å². The van der Waals surface area contributed by atoms with Crippen LogP contribution < -0.4 is 5.32 Å². The van der Waals surface area contributed by atoms with Gasteiger partial charge in [-0.25, -0.2) is 8.42 Å². The van der Waals surface area contributed by atoms with Crippen LogP contribution in [0, 0.1) is 0 Å². The SMILES string of the molecule is O=C(NCCc1ccco1)c1cccc(S(=O)(=O)N2CCc3sccc3C2)c1. The van der Waals surface area contributed by atoms with Crippen LogP contribution in [0.2, 0.25) is 0 Å². The molecule has 0 bridgehead atoms. The molecule has 1 aliphatic heterocycles. The molecule has 0 atom stereocenters. The van der Waals surface area contributed by atoms with Gasteiger partial charge in [-0.05, 0) is 53.8 Å². The Bertz CT molecular complexity index is 1070. The lowest BCUT2D eigenvalue weighted by Gasteiger charge is -2.26. The van der Waals surface area contributed by atoms with Gasteiger partial charge in [-0.3, -0.25) is 4.79 Å². The monoisotopic (exact) mass is 416 g/mol. The van der Waals surface area contributed by atoms with Crippen LogP contribution in [0.3, 0.4) is 0 Å². The van der Waals surface area contributed by atoms with Gasteiger partial charge in [0.1, 0.15) is 5.76 Å². The number of rotatable bonds is 6. The Morgan fingerprint density at radius 1 is 1.21 bits per heavy atom. The molecule has 3 aromatic rings. The Labute approximate surface area is 167 Å². The Morgan fingerprint density at radius 2 is 2.11 bits per heavy atom. The minimum Gasteiger partial charge on any atom is -0.469 e. The van der Waals surface area contributed by atoms with Gasteiger partial charge in [0.15, 0.2) is 0 Å². The van der Waals surface area contributed by atoms with Crippen molar-refractivity contribution in [3.8, 4) is 0 Å². The van der Waals surface area contributed by atoms with E-state index in [9.17, 15) is 13.2 Å². The average molecular weight is 417 g/mol. The summed E-state index contributed by atoms with van der Waals surface area (Å²) in [6.07, 6.45) is 2.89. The molecular weight excluding hydrogens is 396 g/mol. The number of carbonyl (C=O) groups excluding carboxylic acids is 1. The largest absolute Gasteiger partial charge is 0.469 e. The van der Waals surface area contributed by atoms with E-state index in [1.807, 2.05) is 17.5 Å². The molecule has 1 aromatic carbocycles. The van der Waals surface area contributed by atoms with E-state index in [-0.39, 0.29) is 10.8 Å². The molecule has 0 aliphatic carbocycles. The van der Waals surface area contributed by atoms with Crippen molar-refractivity contribution in [2.24, 2.45) is 0 Å². The van der Waals surface area contributed by atoms with Crippen LogP contribution in [0.15, 0.2) is 63.4 Å². The van der Waals surface area contributed by atoms with Gasteiger partial charge in [-0.1, -0.05) is 6.07 Å². The number of hydrogen-bond acceptors (Lipinski definition) is 5. The van der Waals surface area contributed by atoms with Crippen LogP contribution in [-0.2, 0) is 29.4 Å². The van der Waals surface area contributed by atoms with Crippen molar-refractivity contribution in [2.75, 3.05) is 13.1 Å². The highest BCUT2D eigenvalue weighted by Crippen LogP contribution is 2.28. The standard InChI is InChI=1S/C20H20N2O4S2/c23-20(21-9-6-17-4-2-11-26-17)15-3-1-5-18(13-15)28(24,25)22-10-7-19-16(14-22)8-12-27-19/h1-5,8,11-13H,6-7,9-10,14H2,(H,21,23). The normalized spacial score (nSPS) is 14.6. The molecule has 0 unspecified atom stereocenters. The lowest BCUT2D eigenvalue weighted by molar-refractivity contribution is 0.0953. The number of benzene rings is 1. The number of furan rings is 1. The number of nitrogens with zero attached hydrogens (tertiary/aromatic N) is 1. The lowest BCUT2D eigenvalue weighted by Crippen LogP contribution is -2.35. The molecule has 1 amide bonds. The van der Waals surface area contributed by atoms with Crippen molar-refractivity contribution in [1.29, 1.82) is 0 Å². The summed E-state index contributed by atoms with van der Waals surface area (Å²) in [6, 6.07) is 11.8. The number of fused-ring (bicyclic) bond motifs is 1. The molecule has 1 aliphatic rings. The molecule has 28 heavy (non-hydrogen) atoms. The predicted octanol–water partition coefficient (Wildman–Crippen LogP) is 3.06. The molecule has 0 radical (unpaired) electrons. The van der Waals surface area contributed by atoms with Gasteiger partial charge in [0, 0.05) is 36.5 Å². The molecule has 0 fully saturated rings. The second kappa shape index (κ2) is 7.90. The third-order valence-electron chi connectivity index (χ3n) is 4.74. The highest BCUT2D eigenvalue weighted by Gasteiger charge is 2.29. The van der Waals surface area contributed by atoms with E-state index >= 15 is 0 Å². The maximum atomic E-state index is 13.0. The quantitative estimate of drug-likeness (QED) is 0.670. The molecule has 0 saturated carbocycles. The Hall–Kier alpha value is -2.42. The third-order valence-corrected chi connectivity index (χ3v) is 7.61. The van der Waals surface area contributed by atoms with Crippen molar-refractivity contribution >= 4 is 27.3 Å². The highest BCUT2D eigenvalue weighted by atomic mass is 32.2. The molecule has 0 saturated heterocycles. The fraction of sp³-hybridized carbons (Fsp3) is 0.250. The zero-order valence-electron chi connectivity index (χ0n) is 15.1. The van der Waals surface area contributed by atoms with Crippen LogP contribution in [0.4, 0.5) is 0 Å². The number of hydrogen-bond donors (Lipinski definition) is 1. The first-order valence-electron chi connectivity index (χ1n) is 9.00. The second-order valence-electron chi connectivity index (χ2n) is 6.57. The van der Waals surface area contributed by atoms with Crippen molar-refractivity contribution < 1.29 is 17.6 Å². The summed E-state index contributed by atoms with van der Waals surface area (Å²) in [5, 5.41) is 4.79. The summed E-state index contributed by atoms with van der Waals surface area (Å²) in [7, 11) is -3.65. The topological polar surface area (TPSA) is 79.6 Å². The van der Waals surface area contributed by atoms with Crippen molar-refractivity contribution in [2.45, 2.75) is 24.3 Å². The maximum Gasteiger partial charge on any atom is 0.251 e. The first kappa shape index (κ1) is 18.9. The minimum atomic E-state index is -3.65. The number of sulfonamides is 1. The fourth-order valence-corrected chi connectivity index (χ4v) is 5.59. The van der Waals surface area contributed by atoms with Crippen LogP contribution in [0.1, 0.15) is 26.6 Å². The summed E-state index contributed by atoms with van der Waals surface area (Å²) in [5.74, 6) is 0.483. The predicted molar refractivity (Wildman–Crippen MR) is 107 cm³/mol. The molecule has 3 heterocycles. The summed E-state index contributed by atoms with van der Waals surface area (Å²) in [6.45, 7) is 1.24. The van der Waals surface area contributed by atoms with E-state index in [0.29, 0.717) is 31.6 Å². The van der Waals surface area contributed by atoms with E-state index in [4.69, 9.17) is 4.42 Å². The maximum absolute atomic E-state index is 13.0.